The molecule has 0 bridgehead atoms. The fourth-order valence-electron chi connectivity index (χ4n) is 2.49. The predicted molar refractivity (Wildman–Crippen MR) is 82.2 cm³/mol. The van der Waals surface area contributed by atoms with Crippen molar-refractivity contribution in [2.24, 2.45) is 10.7 Å². The Kier molecular flexibility index (Phi) is 4.40. The first-order chi connectivity index (χ1) is 9.67. The monoisotopic (exact) mass is 272 g/mol. The van der Waals surface area contributed by atoms with Crippen LogP contribution in [0, 0.1) is 0 Å². The third-order valence-corrected chi connectivity index (χ3v) is 3.44. The number of anilines is 1. The Labute approximate surface area is 119 Å². The molecular formula is C15H20N4O. The maximum atomic E-state index is 11.7. The van der Waals surface area contributed by atoms with E-state index in [4.69, 9.17) is 5.73 Å². The van der Waals surface area contributed by atoms with Crippen molar-refractivity contribution in [3.05, 3.63) is 42.1 Å². The molecule has 0 saturated carbocycles. The van der Waals surface area contributed by atoms with Crippen LogP contribution in [0.25, 0.3) is 0 Å². The quantitative estimate of drug-likeness (QED) is 0.644. The largest absolute Gasteiger partial charge is 0.371 e. The van der Waals surface area contributed by atoms with E-state index < -0.39 is 5.91 Å². The minimum absolute atomic E-state index is 0.414. The SMILES string of the molecule is C=CNC(=NC)c1ccc(N2CCCC2)c(C(N)=O)c1. The zero-order valence-corrected chi connectivity index (χ0v) is 11.7. The number of rotatable bonds is 4. The van der Waals surface area contributed by atoms with Crippen molar-refractivity contribution in [3.8, 4) is 0 Å². The van der Waals surface area contributed by atoms with Crippen LogP contribution >= 0.6 is 0 Å². The summed E-state index contributed by atoms with van der Waals surface area (Å²) in [5, 5.41) is 2.95. The second-order valence-electron chi connectivity index (χ2n) is 4.71. The van der Waals surface area contributed by atoms with E-state index >= 15 is 0 Å². The number of nitrogens with one attached hydrogen (secondary N) is 1. The zero-order chi connectivity index (χ0) is 14.5. The van der Waals surface area contributed by atoms with Gasteiger partial charge < -0.3 is 16.0 Å². The molecule has 1 aliphatic rings. The standard InChI is InChI=1S/C15H20N4O/c1-3-18-15(17-2)11-6-7-13(12(10-11)14(16)20)19-8-4-5-9-19/h3,6-7,10H,1,4-5,8-9H2,2H3,(H2,16,20)(H,17,18). The number of nitrogens with two attached hydrogens (primary N) is 1. The lowest BCUT2D eigenvalue weighted by molar-refractivity contribution is 0.100. The summed E-state index contributed by atoms with van der Waals surface area (Å²) in [6.45, 7) is 5.56. The fraction of sp³-hybridized carbons (Fsp3) is 0.333. The summed E-state index contributed by atoms with van der Waals surface area (Å²) in [5.74, 6) is 0.248. The van der Waals surface area contributed by atoms with Crippen molar-refractivity contribution in [1.82, 2.24) is 5.32 Å². The van der Waals surface area contributed by atoms with Crippen LogP contribution in [0.15, 0.2) is 36.0 Å². The molecule has 1 amide bonds. The van der Waals surface area contributed by atoms with Crippen molar-refractivity contribution >= 4 is 17.4 Å². The van der Waals surface area contributed by atoms with Gasteiger partial charge in [-0.05, 0) is 37.2 Å². The number of nitrogens with zero attached hydrogens (tertiary/aromatic N) is 2. The van der Waals surface area contributed by atoms with Gasteiger partial charge in [0.05, 0.1) is 5.56 Å². The van der Waals surface area contributed by atoms with E-state index in [0.29, 0.717) is 11.4 Å². The average molecular weight is 272 g/mol. The number of benzene rings is 1. The summed E-state index contributed by atoms with van der Waals surface area (Å²) < 4.78 is 0. The molecule has 106 valence electrons. The first kappa shape index (κ1) is 14.1. The van der Waals surface area contributed by atoms with Gasteiger partial charge in [-0.3, -0.25) is 9.79 Å². The minimum atomic E-state index is -0.414. The summed E-state index contributed by atoms with van der Waals surface area (Å²) in [6.07, 6.45) is 3.86. The van der Waals surface area contributed by atoms with Crippen LogP contribution in [0.4, 0.5) is 5.69 Å². The van der Waals surface area contributed by atoms with E-state index in [9.17, 15) is 4.79 Å². The molecule has 0 aromatic heterocycles. The first-order valence-electron chi connectivity index (χ1n) is 6.70. The first-order valence-corrected chi connectivity index (χ1v) is 6.70. The van der Waals surface area contributed by atoms with E-state index in [1.807, 2.05) is 12.1 Å². The van der Waals surface area contributed by atoms with Gasteiger partial charge >= 0.3 is 0 Å². The lowest BCUT2D eigenvalue weighted by Gasteiger charge is -2.21. The highest BCUT2D eigenvalue weighted by molar-refractivity contribution is 6.05. The molecule has 2 rings (SSSR count). The zero-order valence-electron chi connectivity index (χ0n) is 11.7. The molecule has 1 aromatic rings. The van der Waals surface area contributed by atoms with E-state index in [-0.39, 0.29) is 0 Å². The number of aliphatic imine (C=N–C) groups is 1. The smallest absolute Gasteiger partial charge is 0.250 e. The van der Waals surface area contributed by atoms with Gasteiger partial charge in [0, 0.05) is 31.4 Å². The molecule has 1 fully saturated rings. The van der Waals surface area contributed by atoms with Gasteiger partial charge in [-0.2, -0.15) is 0 Å². The van der Waals surface area contributed by atoms with E-state index in [0.717, 1.165) is 37.2 Å². The lowest BCUT2D eigenvalue weighted by Crippen LogP contribution is -2.25. The Hall–Kier alpha value is -2.30. The van der Waals surface area contributed by atoms with Crippen LogP contribution < -0.4 is 16.0 Å². The van der Waals surface area contributed by atoms with Gasteiger partial charge in [-0.25, -0.2) is 0 Å². The van der Waals surface area contributed by atoms with Gasteiger partial charge in [0.25, 0.3) is 5.91 Å². The molecular weight excluding hydrogens is 252 g/mol. The molecule has 0 unspecified atom stereocenters. The Morgan fingerprint density at radius 2 is 2.15 bits per heavy atom. The van der Waals surface area contributed by atoms with Crippen molar-refractivity contribution in [1.29, 1.82) is 0 Å². The normalized spacial score (nSPS) is 15.2. The number of amidine groups is 1. The lowest BCUT2D eigenvalue weighted by atomic mass is 10.1. The number of carbonyl (C=O) groups is 1. The van der Waals surface area contributed by atoms with E-state index in [1.54, 1.807) is 19.3 Å². The molecule has 1 aliphatic heterocycles. The van der Waals surface area contributed by atoms with Crippen LogP contribution in [0.3, 0.4) is 0 Å². The molecule has 1 saturated heterocycles. The molecule has 5 heteroatoms. The molecule has 20 heavy (non-hydrogen) atoms. The van der Waals surface area contributed by atoms with Gasteiger partial charge in [0.2, 0.25) is 0 Å². The second-order valence-corrected chi connectivity index (χ2v) is 4.71. The molecule has 1 heterocycles. The third-order valence-electron chi connectivity index (χ3n) is 3.44. The topological polar surface area (TPSA) is 70.7 Å². The molecule has 5 nitrogen and oxygen atoms in total. The number of primary amides is 1. The molecule has 0 spiro atoms. The predicted octanol–water partition coefficient (Wildman–Crippen LogP) is 1.50. The fourth-order valence-corrected chi connectivity index (χ4v) is 2.49. The van der Waals surface area contributed by atoms with Crippen LogP contribution in [-0.4, -0.2) is 31.9 Å². The maximum Gasteiger partial charge on any atom is 0.250 e. The molecule has 0 radical (unpaired) electrons. The summed E-state index contributed by atoms with van der Waals surface area (Å²) in [5.41, 5.74) is 7.79. The second kappa shape index (κ2) is 6.23. The molecule has 1 aromatic carbocycles. The van der Waals surface area contributed by atoms with Crippen molar-refractivity contribution in [2.45, 2.75) is 12.8 Å². The van der Waals surface area contributed by atoms with Crippen LogP contribution in [-0.2, 0) is 0 Å². The minimum Gasteiger partial charge on any atom is -0.371 e. The maximum absolute atomic E-state index is 11.7. The van der Waals surface area contributed by atoms with Crippen molar-refractivity contribution in [2.75, 3.05) is 25.0 Å². The Balaban J connectivity index is 2.41. The highest BCUT2D eigenvalue weighted by Crippen LogP contribution is 2.25. The van der Waals surface area contributed by atoms with Gasteiger partial charge in [0.1, 0.15) is 5.84 Å². The average Bonchev–Trinajstić information content (AvgIpc) is 2.98. The Morgan fingerprint density at radius 3 is 2.70 bits per heavy atom. The number of hydrogen-bond donors (Lipinski definition) is 2. The van der Waals surface area contributed by atoms with Crippen LogP contribution in [0.1, 0.15) is 28.8 Å². The number of carbonyl (C=O) groups excluding carboxylic acids is 1. The molecule has 0 aliphatic carbocycles. The van der Waals surface area contributed by atoms with Crippen molar-refractivity contribution < 1.29 is 4.79 Å². The van der Waals surface area contributed by atoms with E-state index in [2.05, 4.69) is 21.8 Å². The van der Waals surface area contributed by atoms with Gasteiger partial charge in [-0.1, -0.05) is 6.58 Å². The van der Waals surface area contributed by atoms with Crippen LogP contribution in [0.5, 0.6) is 0 Å². The van der Waals surface area contributed by atoms with Crippen LogP contribution in [0.2, 0.25) is 0 Å². The van der Waals surface area contributed by atoms with E-state index in [1.165, 1.54) is 0 Å². The highest BCUT2D eigenvalue weighted by atomic mass is 16.1. The van der Waals surface area contributed by atoms with Gasteiger partial charge in [-0.15, -0.1) is 0 Å². The number of hydrogen-bond acceptors (Lipinski definition) is 3. The summed E-state index contributed by atoms with van der Waals surface area (Å²) >= 11 is 0. The van der Waals surface area contributed by atoms with Gasteiger partial charge in [0.15, 0.2) is 0 Å². The summed E-state index contributed by atoms with van der Waals surface area (Å²) in [6, 6.07) is 5.67. The summed E-state index contributed by atoms with van der Waals surface area (Å²) in [4.78, 5) is 18.1. The van der Waals surface area contributed by atoms with Crippen molar-refractivity contribution in [3.63, 3.8) is 0 Å². The molecule has 3 N–H and O–H groups in total. The number of amides is 1. The Bertz CT molecular complexity index is 545. The Morgan fingerprint density at radius 1 is 1.45 bits per heavy atom. The third kappa shape index (κ3) is 2.82. The summed E-state index contributed by atoms with van der Waals surface area (Å²) in [7, 11) is 1.68. The molecule has 0 atom stereocenters. The highest BCUT2D eigenvalue weighted by Gasteiger charge is 2.19.